The standard InChI is InChI=1S/C20H32N4OS.HI/c1-19(2)12-16(15-8-6-7-9-17(15)25-19)23-18(21-3)22-13-20(24(4)5)10-11-26-14-20;/h6-9,16H,10-14H2,1-5H3,(H2,21,22,23);1H. The number of para-hydroxylation sites is 1. The number of rotatable bonds is 4. The first-order valence-corrected chi connectivity index (χ1v) is 10.5. The van der Waals surface area contributed by atoms with Gasteiger partial charge in [0.25, 0.3) is 0 Å². The molecule has 3 rings (SSSR count). The Kier molecular flexibility index (Phi) is 7.72. The molecule has 152 valence electrons. The van der Waals surface area contributed by atoms with Crippen molar-refractivity contribution in [3.05, 3.63) is 29.8 Å². The molecule has 2 aliphatic rings. The predicted octanol–water partition coefficient (Wildman–Crippen LogP) is 3.51. The van der Waals surface area contributed by atoms with Crippen molar-refractivity contribution in [3.8, 4) is 5.75 Å². The van der Waals surface area contributed by atoms with Crippen molar-refractivity contribution >= 4 is 41.7 Å². The van der Waals surface area contributed by atoms with Crippen LogP contribution in [-0.4, -0.2) is 61.2 Å². The van der Waals surface area contributed by atoms with Gasteiger partial charge in [0.2, 0.25) is 0 Å². The highest BCUT2D eigenvalue weighted by molar-refractivity contribution is 14.0. The number of ether oxygens (including phenoxy) is 1. The number of fused-ring (bicyclic) bond motifs is 1. The molecule has 1 aromatic rings. The molecule has 0 amide bonds. The third-order valence-electron chi connectivity index (χ3n) is 5.53. The van der Waals surface area contributed by atoms with E-state index in [0.29, 0.717) is 0 Å². The molecule has 0 spiro atoms. The molecule has 0 bridgehead atoms. The van der Waals surface area contributed by atoms with Crippen molar-refractivity contribution in [2.24, 2.45) is 4.99 Å². The number of benzene rings is 1. The molecule has 5 nitrogen and oxygen atoms in total. The fourth-order valence-electron chi connectivity index (χ4n) is 3.79. The second-order valence-corrected chi connectivity index (χ2v) is 9.25. The molecule has 0 aliphatic carbocycles. The third kappa shape index (κ3) is 5.23. The lowest BCUT2D eigenvalue weighted by Crippen LogP contribution is -2.55. The molecule has 0 saturated carbocycles. The van der Waals surface area contributed by atoms with E-state index in [0.717, 1.165) is 30.4 Å². The third-order valence-corrected chi connectivity index (χ3v) is 6.76. The Morgan fingerprint density at radius 1 is 1.33 bits per heavy atom. The molecule has 2 aliphatic heterocycles. The van der Waals surface area contributed by atoms with Gasteiger partial charge in [-0.05, 0) is 46.2 Å². The lowest BCUT2D eigenvalue weighted by molar-refractivity contribution is 0.0693. The van der Waals surface area contributed by atoms with Crippen molar-refractivity contribution in [1.82, 2.24) is 15.5 Å². The van der Waals surface area contributed by atoms with Crippen LogP contribution in [0.5, 0.6) is 5.75 Å². The van der Waals surface area contributed by atoms with E-state index < -0.39 is 0 Å². The van der Waals surface area contributed by atoms with Crippen molar-refractivity contribution in [2.75, 3.05) is 39.2 Å². The average Bonchev–Trinajstić information content (AvgIpc) is 3.08. The van der Waals surface area contributed by atoms with Gasteiger partial charge in [-0.3, -0.25) is 4.99 Å². The lowest BCUT2D eigenvalue weighted by Gasteiger charge is -2.39. The molecule has 1 aromatic carbocycles. The van der Waals surface area contributed by atoms with E-state index in [1.165, 1.54) is 17.7 Å². The molecule has 2 unspecified atom stereocenters. The van der Waals surface area contributed by atoms with Gasteiger partial charge in [0.15, 0.2) is 5.96 Å². The van der Waals surface area contributed by atoms with Crippen LogP contribution in [0, 0.1) is 0 Å². The van der Waals surface area contributed by atoms with Crippen molar-refractivity contribution in [2.45, 2.75) is 43.9 Å². The Morgan fingerprint density at radius 2 is 2.07 bits per heavy atom. The Morgan fingerprint density at radius 3 is 2.70 bits per heavy atom. The Bertz CT molecular complexity index is 659. The second kappa shape index (κ2) is 9.22. The largest absolute Gasteiger partial charge is 0.487 e. The predicted molar refractivity (Wildman–Crippen MR) is 127 cm³/mol. The van der Waals surface area contributed by atoms with Gasteiger partial charge >= 0.3 is 0 Å². The van der Waals surface area contributed by atoms with E-state index in [9.17, 15) is 0 Å². The van der Waals surface area contributed by atoms with Gasteiger partial charge in [0, 0.05) is 36.9 Å². The van der Waals surface area contributed by atoms with Gasteiger partial charge in [0.05, 0.1) is 6.04 Å². The lowest BCUT2D eigenvalue weighted by atomic mass is 9.90. The normalized spacial score (nSPS) is 26.7. The fourth-order valence-corrected chi connectivity index (χ4v) is 5.34. The molecular weight excluding hydrogens is 471 g/mol. The first-order chi connectivity index (χ1) is 12.4. The number of thioether (sulfide) groups is 1. The van der Waals surface area contributed by atoms with Gasteiger partial charge in [-0.1, -0.05) is 18.2 Å². The van der Waals surface area contributed by atoms with Crippen LogP contribution in [0.15, 0.2) is 29.3 Å². The first kappa shape index (κ1) is 22.6. The minimum atomic E-state index is -0.197. The summed E-state index contributed by atoms with van der Waals surface area (Å²) in [5, 5.41) is 7.21. The molecule has 7 heteroatoms. The summed E-state index contributed by atoms with van der Waals surface area (Å²) in [4.78, 5) is 6.84. The van der Waals surface area contributed by atoms with Crippen molar-refractivity contribution in [1.29, 1.82) is 0 Å². The summed E-state index contributed by atoms with van der Waals surface area (Å²) in [5.41, 5.74) is 1.21. The molecule has 1 saturated heterocycles. The maximum absolute atomic E-state index is 6.14. The Hall–Kier alpha value is -0.670. The van der Waals surface area contributed by atoms with Crippen LogP contribution in [0.25, 0.3) is 0 Å². The fraction of sp³-hybridized carbons (Fsp3) is 0.650. The topological polar surface area (TPSA) is 48.9 Å². The van der Waals surface area contributed by atoms with Crippen LogP contribution in [-0.2, 0) is 0 Å². The van der Waals surface area contributed by atoms with E-state index >= 15 is 0 Å². The Labute approximate surface area is 185 Å². The van der Waals surface area contributed by atoms with E-state index in [4.69, 9.17) is 4.74 Å². The van der Waals surface area contributed by atoms with Crippen LogP contribution in [0.2, 0.25) is 0 Å². The zero-order chi connectivity index (χ0) is 18.8. The van der Waals surface area contributed by atoms with Gasteiger partial charge in [-0.15, -0.1) is 24.0 Å². The second-order valence-electron chi connectivity index (χ2n) is 8.15. The van der Waals surface area contributed by atoms with Gasteiger partial charge in [-0.25, -0.2) is 0 Å². The summed E-state index contributed by atoms with van der Waals surface area (Å²) in [7, 11) is 6.21. The average molecular weight is 504 g/mol. The number of nitrogens with one attached hydrogen (secondary N) is 2. The number of hydrogen-bond acceptors (Lipinski definition) is 4. The van der Waals surface area contributed by atoms with Gasteiger partial charge in [-0.2, -0.15) is 11.8 Å². The summed E-state index contributed by atoms with van der Waals surface area (Å²) in [6, 6.07) is 8.49. The highest BCUT2D eigenvalue weighted by atomic mass is 127. The smallest absolute Gasteiger partial charge is 0.191 e. The number of guanidine groups is 1. The molecule has 1 fully saturated rings. The SMILES string of the molecule is CN=C(NCC1(N(C)C)CCSC1)NC1CC(C)(C)Oc2ccccc21.I. The highest BCUT2D eigenvalue weighted by Crippen LogP contribution is 2.39. The minimum absolute atomic E-state index is 0. The molecule has 27 heavy (non-hydrogen) atoms. The summed E-state index contributed by atoms with van der Waals surface area (Å²) in [6.45, 7) is 5.19. The number of aliphatic imine (C=N–C) groups is 1. The maximum atomic E-state index is 6.14. The van der Waals surface area contributed by atoms with Crippen LogP contribution >= 0.6 is 35.7 Å². The molecule has 2 N–H and O–H groups in total. The van der Waals surface area contributed by atoms with Crippen LogP contribution in [0.1, 0.15) is 38.3 Å². The van der Waals surface area contributed by atoms with E-state index in [-0.39, 0.29) is 41.2 Å². The number of halogens is 1. The molecular formula is C20H33IN4OS. The molecule has 2 heterocycles. The summed E-state index contributed by atoms with van der Waals surface area (Å²) >= 11 is 2.04. The molecule has 0 aromatic heterocycles. The Balaban J connectivity index is 0.00000261. The summed E-state index contributed by atoms with van der Waals surface area (Å²) in [5.74, 6) is 4.22. The van der Waals surface area contributed by atoms with Crippen LogP contribution in [0.3, 0.4) is 0 Å². The number of nitrogens with zero attached hydrogens (tertiary/aromatic N) is 2. The van der Waals surface area contributed by atoms with Crippen LogP contribution < -0.4 is 15.4 Å². The summed E-state index contributed by atoms with van der Waals surface area (Å²) < 4.78 is 6.14. The zero-order valence-corrected chi connectivity index (χ0v) is 20.2. The van der Waals surface area contributed by atoms with E-state index in [1.54, 1.807) is 0 Å². The van der Waals surface area contributed by atoms with Gasteiger partial charge in [0.1, 0.15) is 11.4 Å². The quantitative estimate of drug-likeness (QED) is 0.374. The van der Waals surface area contributed by atoms with Crippen molar-refractivity contribution in [3.63, 3.8) is 0 Å². The van der Waals surface area contributed by atoms with Crippen molar-refractivity contribution < 1.29 is 4.74 Å². The first-order valence-electron chi connectivity index (χ1n) is 9.36. The number of hydrogen-bond donors (Lipinski definition) is 2. The zero-order valence-electron chi connectivity index (χ0n) is 17.0. The minimum Gasteiger partial charge on any atom is -0.487 e. The maximum Gasteiger partial charge on any atom is 0.191 e. The number of likely N-dealkylation sites (N-methyl/N-ethyl adjacent to an activating group) is 1. The van der Waals surface area contributed by atoms with E-state index in [2.05, 4.69) is 66.7 Å². The van der Waals surface area contributed by atoms with Gasteiger partial charge < -0.3 is 20.3 Å². The monoisotopic (exact) mass is 504 g/mol. The van der Waals surface area contributed by atoms with E-state index in [1.807, 2.05) is 24.9 Å². The molecule has 2 atom stereocenters. The summed E-state index contributed by atoms with van der Waals surface area (Å²) in [6.07, 6.45) is 2.11. The molecule has 0 radical (unpaired) electrons. The highest BCUT2D eigenvalue weighted by Gasteiger charge is 2.37. The van der Waals surface area contributed by atoms with Crippen LogP contribution in [0.4, 0.5) is 0 Å².